The number of esters is 2. The minimum Gasteiger partial charge on any atom is -0.460 e. The lowest BCUT2D eigenvalue weighted by molar-refractivity contribution is -0.295. The first-order valence-electron chi connectivity index (χ1n) is 20.9. The molecule has 5 rings (SSSR count). The van der Waals surface area contributed by atoms with E-state index in [-0.39, 0.29) is 31.5 Å². The fraction of sp³-hybridized carbons (Fsp3) is 0.721. The summed E-state index contributed by atoms with van der Waals surface area (Å²) in [6.07, 6.45) is 3.22. The van der Waals surface area contributed by atoms with Gasteiger partial charge in [-0.2, -0.15) is 0 Å². The smallest absolute Gasteiger partial charge is 0.411 e. The van der Waals surface area contributed by atoms with Gasteiger partial charge in [0.15, 0.2) is 17.7 Å². The second-order valence-corrected chi connectivity index (χ2v) is 17.3. The molecule has 0 radical (unpaired) electrons. The number of methoxy groups -OCH3 is 1. The maximum atomic E-state index is 14.4. The van der Waals surface area contributed by atoms with Gasteiger partial charge in [0.25, 0.3) is 0 Å². The van der Waals surface area contributed by atoms with Crippen LogP contribution in [0.4, 0.5) is 4.79 Å². The number of unbranched alkanes of at least 4 members (excludes halogenated alkanes) is 1. The van der Waals surface area contributed by atoms with E-state index < -0.39 is 89.5 Å². The number of aliphatic hydroxyl groups is 1. The number of amides is 1. The van der Waals surface area contributed by atoms with E-state index in [9.17, 15) is 24.3 Å². The van der Waals surface area contributed by atoms with Crippen LogP contribution in [0.15, 0.2) is 37.1 Å². The maximum Gasteiger partial charge on any atom is 0.411 e. The number of aliphatic hydroxyl groups excluding tert-OH is 1. The van der Waals surface area contributed by atoms with E-state index in [1.54, 1.807) is 65.2 Å². The molecule has 3 aliphatic rings. The molecule has 0 spiro atoms. The van der Waals surface area contributed by atoms with Crippen LogP contribution in [-0.4, -0.2) is 141 Å². The quantitative estimate of drug-likeness (QED) is 0.143. The Morgan fingerprint density at radius 3 is 2.37 bits per heavy atom. The van der Waals surface area contributed by atoms with Crippen molar-refractivity contribution in [2.24, 2.45) is 17.8 Å². The number of hydrogen-bond acceptors (Lipinski definition) is 14. The highest BCUT2D eigenvalue weighted by Crippen LogP contribution is 2.41. The molecular formula is C43H65N5O11. The molecule has 3 fully saturated rings. The van der Waals surface area contributed by atoms with Gasteiger partial charge in [-0.3, -0.25) is 24.3 Å². The summed E-state index contributed by atoms with van der Waals surface area (Å²) in [5.41, 5.74) is -1.04. The third-order valence-electron chi connectivity index (χ3n) is 12.6. The lowest BCUT2D eigenvalue weighted by Gasteiger charge is -2.46. The molecule has 59 heavy (non-hydrogen) atoms. The van der Waals surface area contributed by atoms with Crippen LogP contribution in [0.3, 0.4) is 0 Å². The van der Waals surface area contributed by atoms with Crippen molar-refractivity contribution in [2.75, 3.05) is 27.7 Å². The average molecular weight is 828 g/mol. The van der Waals surface area contributed by atoms with Gasteiger partial charge in [0.1, 0.15) is 30.3 Å². The maximum absolute atomic E-state index is 14.4. The first-order valence-corrected chi connectivity index (χ1v) is 20.9. The second-order valence-electron chi connectivity index (χ2n) is 17.3. The summed E-state index contributed by atoms with van der Waals surface area (Å²) in [6, 6.07) is 2.67. The predicted molar refractivity (Wildman–Crippen MR) is 216 cm³/mol. The van der Waals surface area contributed by atoms with Crippen molar-refractivity contribution in [1.29, 1.82) is 0 Å². The Morgan fingerprint density at radius 2 is 1.73 bits per heavy atom. The molecule has 0 bridgehead atoms. The van der Waals surface area contributed by atoms with Gasteiger partial charge in [0, 0.05) is 56.3 Å². The topological polar surface area (TPSA) is 181 Å². The van der Waals surface area contributed by atoms with E-state index in [0.717, 1.165) is 11.3 Å². The SMILES string of the molecule is CC[C@H]1OC(=O)[C@H](C)C(=O)[C@H](C)[C@@H](O[C@@H]2O[C@H](C)C[C@H](N(C)C)[C@H]2O)[C@](C)(OC)C[C@@H](C)C(=O)OC(C)[C@H]2N(CCCCn3cnc(-c4cccnc4)c3)C(=O)O[C@]12C. The zero-order chi connectivity index (χ0) is 43.4. The summed E-state index contributed by atoms with van der Waals surface area (Å²) in [5.74, 6) is -4.88. The van der Waals surface area contributed by atoms with Gasteiger partial charge < -0.3 is 43.0 Å². The lowest BCUT2D eigenvalue weighted by Crippen LogP contribution is -2.59. The van der Waals surface area contributed by atoms with Crippen LogP contribution in [0.5, 0.6) is 0 Å². The number of Topliss-reactive ketones (excluding diaryl/α,β-unsaturated/α-hetero) is 1. The molecule has 1 N–H and O–H groups in total. The predicted octanol–water partition coefficient (Wildman–Crippen LogP) is 4.66. The number of aromatic nitrogens is 3. The van der Waals surface area contributed by atoms with Gasteiger partial charge in [-0.05, 0) is 93.0 Å². The highest BCUT2D eigenvalue weighted by molar-refractivity contribution is 6.00. The van der Waals surface area contributed by atoms with E-state index in [1.807, 2.05) is 48.8 Å². The Hall–Kier alpha value is -3.96. The standard InChI is InChI=1S/C43H65N5O11/c1-12-33-43(8)36(48(41(53)59-43)19-14-13-18-47-23-31(45-24-47)30-16-15-17-44-22-30)29(6)56-38(51)25(2)21-42(7,54-11)37(27(4)34(49)28(5)39(52)57-33)58-40-35(50)32(46(9)10)20-26(3)55-40/h15-17,22-29,32-33,35-37,40,50H,12-14,18-21H2,1-11H3/t25-,26-,27+,28-,29?,32+,33-,35-,36-,37-,40+,42-,43-/m1/s1. The molecular weight excluding hydrogens is 762 g/mol. The van der Waals surface area contributed by atoms with Crippen molar-refractivity contribution in [3.8, 4) is 11.3 Å². The summed E-state index contributed by atoms with van der Waals surface area (Å²) in [5, 5.41) is 11.4. The minimum absolute atomic E-state index is 0.0427. The van der Waals surface area contributed by atoms with Gasteiger partial charge in [0.2, 0.25) is 0 Å². The van der Waals surface area contributed by atoms with E-state index in [1.165, 1.54) is 14.0 Å². The molecule has 3 saturated heterocycles. The molecule has 13 atom stereocenters. The molecule has 0 aliphatic carbocycles. The molecule has 2 aromatic rings. The molecule has 5 heterocycles. The summed E-state index contributed by atoms with van der Waals surface area (Å²) in [4.78, 5) is 68.3. The zero-order valence-electron chi connectivity index (χ0n) is 36.5. The molecule has 3 aliphatic heterocycles. The normalized spacial score (nSPS) is 36.4. The summed E-state index contributed by atoms with van der Waals surface area (Å²) < 4.78 is 39.2. The van der Waals surface area contributed by atoms with Gasteiger partial charge in [0.05, 0.1) is 35.7 Å². The van der Waals surface area contributed by atoms with Crippen LogP contribution in [0.1, 0.15) is 87.5 Å². The fourth-order valence-electron chi connectivity index (χ4n) is 9.13. The molecule has 16 nitrogen and oxygen atoms in total. The van der Waals surface area contributed by atoms with Gasteiger partial charge >= 0.3 is 18.0 Å². The first kappa shape index (κ1) is 46.1. The third-order valence-corrected chi connectivity index (χ3v) is 12.6. The van der Waals surface area contributed by atoms with Crippen molar-refractivity contribution < 1.29 is 52.7 Å². The number of hydrogen-bond donors (Lipinski definition) is 1. The highest BCUT2D eigenvalue weighted by Gasteiger charge is 2.60. The van der Waals surface area contributed by atoms with Crippen LogP contribution in [0, 0.1) is 17.8 Å². The number of aryl methyl sites for hydroxylation is 1. The third kappa shape index (κ3) is 9.99. The number of cyclic esters (lactones) is 2. The van der Waals surface area contributed by atoms with E-state index in [0.29, 0.717) is 25.8 Å². The summed E-state index contributed by atoms with van der Waals surface area (Å²) >= 11 is 0. The molecule has 2 aromatic heterocycles. The lowest BCUT2D eigenvalue weighted by atomic mass is 9.78. The van der Waals surface area contributed by atoms with Crippen LogP contribution >= 0.6 is 0 Å². The Balaban J connectivity index is 1.41. The van der Waals surface area contributed by atoms with Crippen molar-refractivity contribution in [3.05, 3.63) is 37.1 Å². The number of pyridine rings is 1. The number of imidazole rings is 1. The fourth-order valence-corrected chi connectivity index (χ4v) is 9.13. The number of likely N-dealkylation sites (N-methyl/N-ethyl adjacent to an activating group) is 1. The molecule has 1 unspecified atom stereocenters. The number of fused-ring (bicyclic) bond motifs is 1. The monoisotopic (exact) mass is 827 g/mol. The van der Waals surface area contributed by atoms with Crippen LogP contribution in [-0.2, 0) is 49.3 Å². The number of carbonyl (C=O) groups is 4. The molecule has 0 aromatic carbocycles. The minimum atomic E-state index is -1.44. The van der Waals surface area contributed by atoms with Crippen molar-refractivity contribution in [1.82, 2.24) is 24.3 Å². The van der Waals surface area contributed by atoms with Crippen LogP contribution in [0.25, 0.3) is 11.3 Å². The average Bonchev–Trinajstić information content (AvgIpc) is 3.78. The van der Waals surface area contributed by atoms with Gasteiger partial charge in [-0.1, -0.05) is 20.8 Å². The molecule has 0 saturated carbocycles. The highest BCUT2D eigenvalue weighted by atomic mass is 16.7. The number of ketones is 1. The van der Waals surface area contributed by atoms with Crippen molar-refractivity contribution in [3.63, 3.8) is 0 Å². The Bertz CT molecular complexity index is 1760. The summed E-state index contributed by atoms with van der Waals surface area (Å²) in [7, 11) is 5.19. The number of ether oxygens (including phenoxy) is 6. The van der Waals surface area contributed by atoms with Gasteiger partial charge in [-0.15, -0.1) is 0 Å². The van der Waals surface area contributed by atoms with Crippen molar-refractivity contribution in [2.45, 2.75) is 154 Å². The largest absolute Gasteiger partial charge is 0.460 e. The molecule has 328 valence electrons. The molecule has 16 heteroatoms. The summed E-state index contributed by atoms with van der Waals surface area (Å²) in [6.45, 7) is 14.6. The Kier molecular flexibility index (Phi) is 15.0. The Labute approximate surface area is 348 Å². The van der Waals surface area contributed by atoms with E-state index in [4.69, 9.17) is 28.4 Å². The zero-order valence-corrected chi connectivity index (χ0v) is 36.5. The van der Waals surface area contributed by atoms with Crippen molar-refractivity contribution >= 4 is 23.8 Å². The van der Waals surface area contributed by atoms with E-state index >= 15 is 0 Å². The molecule has 1 amide bonds. The number of carbonyl (C=O) groups excluding carboxylic acids is 4. The van der Waals surface area contributed by atoms with Crippen LogP contribution < -0.4 is 0 Å². The van der Waals surface area contributed by atoms with Crippen LogP contribution in [0.2, 0.25) is 0 Å². The van der Waals surface area contributed by atoms with Gasteiger partial charge in [-0.25, -0.2) is 9.78 Å². The van der Waals surface area contributed by atoms with E-state index in [2.05, 4.69) is 9.97 Å². The Morgan fingerprint density at radius 1 is 1.02 bits per heavy atom. The number of nitrogens with zero attached hydrogens (tertiary/aromatic N) is 5. The number of rotatable bonds is 11. The first-order chi connectivity index (χ1) is 27.8. The second kappa shape index (κ2) is 19.2.